The molecule has 0 heterocycles. The van der Waals surface area contributed by atoms with Crippen molar-refractivity contribution in [1.29, 1.82) is 0 Å². The number of hydrogen-bond donors (Lipinski definition) is 3. The zero-order valence-electron chi connectivity index (χ0n) is 16.6. The highest BCUT2D eigenvalue weighted by molar-refractivity contribution is 6.40. The highest BCUT2D eigenvalue weighted by Crippen LogP contribution is 2.28. The number of halogens is 1. The third kappa shape index (κ3) is 6.21. The molecule has 0 saturated carbocycles. The van der Waals surface area contributed by atoms with E-state index >= 15 is 0 Å². The largest absolute Gasteiger partial charge is 0.493 e. The Balaban J connectivity index is 2.03. The average Bonchev–Trinajstić information content (AvgIpc) is 2.72. The van der Waals surface area contributed by atoms with Crippen molar-refractivity contribution in [3.8, 4) is 11.5 Å². The highest BCUT2D eigenvalue weighted by atomic mass is 35.5. The number of amides is 3. The Morgan fingerprint density at radius 3 is 2.47 bits per heavy atom. The number of aryl methyl sites for hydroxylation is 1. The number of ether oxygens (including phenoxy) is 2. The van der Waals surface area contributed by atoms with E-state index in [1.807, 2.05) is 6.92 Å². The van der Waals surface area contributed by atoms with Crippen LogP contribution in [0.4, 0.5) is 5.69 Å². The lowest BCUT2D eigenvalue weighted by atomic mass is 10.1. The zero-order chi connectivity index (χ0) is 22.3. The standard InChI is InChI=1S/C20H21ClN4O5/c1-11-4-6-14(9-15(11)21)23-19(27)20(28)25-24-12(2)13-5-7-16(17(8-13)29-3)30-10-18(22)26/h4-9H,10H2,1-3H3,(H2,22,26)(H,23,27)(H,25,28). The van der Waals surface area contributed by atoms with Gasteiger partial charge in [-0.2, -0.15) is 5.10 Å². The topological polar surface area (TPSA) is 132 Å². The van der Waals surface area contributed by atoms with Crippen molar-refractivity contribution in [3.05, 3.63) is 52.5 Å². The molecule has 158 valence electrons. The molecule has 3 amide bonds. The minimum absolute atomic E-state index is 0.292. The van der Waals surface area contributed by atoms with Crippen LogP contribution in [0.5, 0.6) is 11.5 Å². The zero-order valence-corrected chi connectivity index (χ0v) is 17.4. The van der Waals surface area contributed by atoms with Crippen molar-refractivity contribution in [2.75, 3.05) is 19.0 Å². The van der Waals surface area contributed by atoms with Crippen molar-refractivity contribution in [3.63, 3.8) is 0 Å². The molecule has 0 atom stereocenters. The van der Waals surface area contributed by atoms with E-state index in [1.54, 1.807) is 43.3 Å². The number of hydrogen-bond acceptors (Lipinski definition) is 6. The van der Waals surface area contributed by atoms with Gasteiger partial charge in [-0.3, -0.25) is 14.4 Å². The number of nitrogens with one attached hydrogen (secondary N) is 2. The highest BCUT2D eigenvalue weighted by Gasteiger charge is 2.14. The number of nitrogens with zero attached hydrogens (tertiary/aromatic N) is 1. The van der Waals surface area contributed by atoms with Crippen LogP contribution in [0.3, 0.4) is 0 Å². The molecule has 10 heteroatoms. The number of primary amides is 1. The van der Waals surface area contributed by atoms with Crippen LogP contribution in [0, 0.1) is 6.92 Å². The van der Waals surface area contributed by atoms with Gasteiger partial charge in [0.25, 0.3) is 5.91 Å². The molecular formula is C20H21ClN4O5. The van der Waals surface area contributed by atoms with Gasteiger partial charge >= 0.3 is 11.8 Å². The van der Waals surface area contributed by atoms with E-state index in [-0.39, 0.29) is 6.61 Å². The fraction of sp³-hybridized carbons (Fsp3) is 0.200. The summed E-state index contributed by atoms with van der Waals surface area (Å²) in [7, 11) is 1.44. The first-order valence-corrected chi connectivity index (χ1v) is 9.10. The van der Waals surface area contributed by atoms with Crippen LogP contribution >= 0.6 is 11.6 Å². The van der Waals surface area contributed by atoms with Crippen LogP contribution in [-0.2, 0) is 14.4 Å². The number of anilines is 1. The lowest BCUT2D eigenvalue weighted by Crippen LogP contribution is -2.32. The number of carbonyl (C=O) groups is 3. The third-order valence-electron chi connectivity index (χ3n) is 3.91. The monoisotopic (exact) mass is 432 g/mol. The number of carbonyl (C=O) groups excluding carboxylic acids is 3. The second-order valence-electron chi connectivity index (χ2n) is 6.18. The Hall–Kier alpha value is -3.59. The van der Waals surface area contributed by atoms with E-state index in [9.17, 15) is 14.4 Å². The average molecular weight is 433 g/mol. The molecule has 4 N–H and O–H groups in total. The van der Waals surface area contributed by atoms with Crippen LogP contribution in [0.1, 0.15) is 18.1 Å². The van der Waals surface area contributed by atoms with Crippen LogP contribution in [0.15, 0.2) is 41.5 Å². The van der Waals surface area contributed by atoms with Gasteiger partial charge in [0.05, 0.1) is 12.8 Å². The van der Waals surface area contributed by atoms with E-state index in [0.29, 0.717) is 33.5 Å². The van der Waals surface area contributed by atoms with E-state index in [0.717, 1.165) is 5.56 Å². The van der Waals surface area contributed by atoms with Gasteiger partial charge in [0, 0.05) is 16.3 Å². The summed E-state index contributed by atoms with van der Waals surface area (Å²) in [5.74, 6) is -1.77. The SMILES string of the molecule is COc1cc(C(C)=NNC(=O)C(=O)Nc2ccc(C)c(Cl)c2)ccc1OCC(N)=O. The molecule has 9 nitrogen and oxygen atoms in total. The van der Waals surface area contributed by atoms with Crippen molar-refractivity contribution < 1.29 is 23.9 Å². The predicted molar refractivity (Wildman–Crippen MR) is 113 cm³/mol. The summed E-state index contributed by atoms with van der Waals surface area (Å²) in [4.78, 5) is 34.9. The maximum Gasteiger partial charge on any atom is 0.329 e. The third-order valence-corrected chi connectivity index (χ3v) is 4.32. The summed E-state index contributed by atoms with van der Waals surface area (Å²) >= 11 is 6.00. The van der Waals surface area contributed by atoms with E-state index < -0.39 is 17.7 Å². The van der Waals surface area contributed by atoms with E-state index in [4.69, 9.17) is 26.8 Å². The fourth-order valence-electron chi connectivity index (χ4n) is 2.27. The smallest absolute Gasteiger partial charge is 0.329 e. The van der Waals surface area contributed by atoms with Gasteiger partial charge in [-0.05, 0) is 49.7 Å². The number of methoxy groups -OCH3 is 1. The van der Waals surface area contributed by atoms with E-state index in [1.165, 1.54) is 7.11 Å². The first kappa shape index (κ1) is 22.7. The Bertz CT molecular complexity index is 1010. The Labute approximate surface area is 178 Å². The molecule has 0 saturated heterocycles. The number of rotatable bonds is 7. The molecule has 0 aliphatic carbocycles. The van der Waals surface area contributed by atoms with Crippen molar-refractivity contribution in [1.82, 2.24) is 5.43 Å². The first-order chi connectivity index (χ1) is 14.2. The second kappa shape index (κ2) is 10.3. The molecule has 0 spiro atoms. The van der Waals surface area contributed by atoms with E-state index in [2.05, 4.69) is 15.8 Å². The molecule has 0 radical (unpaired) electrons. The molecule has 0 aliphatic rings. The predicted octanol–water partition coefficient (Wildman–Crippen LogP) is 2.00. The van der Waals surface area contributed by atoms with Crippen LogP contribution in [0.25, 0.3) is 0 Å². The Kier molecular flexibility index (Phi) is 7.76. The summed E-state index contributed by atoms with van der Waals surface area (Å²) in [6, 6.07) is 9.74. The summed E-state index contributed by atoms with van der Waals surface area (Å²) in [6.45, 7) is 3.17. The van der Waals surface area contributed by atoms with Gasteiger partial charge in [-0.1, -0.05) is 17.7 Å². The minimum atomic E-state index is -0.945. The van der Waals surface area contributed by atoms with Crippen LogP contribution in [-0.4, -0.2) is 37.1 Å². The van der Waals surface area contributed by atoms with Crippen LogP contribution in [0.2, 0.25) is 5.02 Å². The van der Waals surface area contributed by atoms with Crippen molar-refractivity contribution in [2.24, 2.45) is 10.8 Å². The Morgan fingerprint density at radius 1 is 1.10 bits per heavy atom. The van der Waals surface area contributed by atoms with Gasteiger partial charge in [0.15, 0.2) is 18.1 Å². The first-order valence-electron chi connectivity index (χ1n) is 8.72. The molecule has 0 fully saturated rings. The molecule has 0 bridgehead atoms. The number of hydrazone groups is 1. The molecule has 0 unspecified atom stereocenters. The second-order valence-corrected chi connectivity index (χ2v) is 6.58. The van der Waals surface area contributed by atoms with Crippen molar-refractivity contribution >= 4 is 40.7 Å². The molecular weight excluding hydrogens is 412 g/mol. The quantitative estimate of drug-likeness (QED) is 0.349. The number of nitrogens with two attached hydrogens (primary N) is 1. The van der Waals surface area contributed by atoms with Gasteiger partial charge < -0.3 is 20.5 Å². The summed E-state index contributed by atoms with van der Waals surface area (Å²) < 4.78 is 10.5. The minimum Gasteiger partial charge on any atom is -0.493 e. The lowest BCUT2D eigenvalue weighted by molar-refractivity contribution is -0.136. The van der Waals surface area contributed by atoms with Gasteiger partial charge in [0.1, 0.15) is 0 Å². The molecule has 2 aromatic carbocycles. The molecule has 0 aliphatic heterocycles. The van der Waals surface area contributed by atoms with Crippen LogP contribution < -0.4 is 25.9 Å². The molecule has 2 aromatic rings. The summed E-state index contributed by atoms with van der Waals surface area (Å²) in [5, 5.41) is 6.84. The number of benzene rings is 2. The molecule has 0 aromatic heterocycles. The maximum atomic E-state index is 12.0. The molecule has 2 rings (SSSR count). The molecule has 30 heavy (non-hydrogen) atoms. The fourth-order valence-corrected chi connectivity index (χ4v) is 2.45. The van der Waals surface area contributed by atoms with Crippen molar-refractivity contribution in [2.45, 2.75) is 13.8 Å². The lowest BCUT2D eigenvalue weighted by Gasteiger charge is -2.11. The van der Waals surface area contributed by atoms with Gasteiger partial charge in [-0.25, -0.2) is 5.43 Å². The van der Waals surface area contributed by atoms with Gasteiger partial charge in [0.2, 0.25) is 0 Å². The summed E-state index contributed by atoms with van der Waals surface area (Å²) in [5.41, 5.74) is 9.50. The van der Waals surface area contributed by atoms with Gasteiger partial charge in [-0.15, -0.1) is 0 Å². The Morgan fingerprint density at radius 2 is 1.83 bits per heavy atom. The maximum absolute atomic E-state index is 12.0. The normalized spacial score (nSPS) is 10.9. The summed E-state index contributed by atoms with van der Waals surface area (Å²) in [6.07, 6.45) is 0.